The van der Waals surface area contributed by atoms with Gasteiger partial charge in [0.1, 0.15) is 0 Å². The van der Waals surface area contributed by atoms with Crippen LogP contribution in [-0.4, -0.2) is 38.7 Å². The number of hydrogen-bond acceptors (Lipinski definition) is 5. The molecule has 0 aromatic heterocycles. The van der Waals surface area contributed by atoms with Crippen LogP contribution in [0.5, 0.6) is 0 Å². The third kappa shape index (κ3) is 8.33. The molecule has 0 saturated carbocycles. The number of ether oxygens (including phenoxy) is 1. The SMILES string of the molecule is CC(C)(O)C(C)(C)OCc1ccc(C(F)(F)F)cc1.OB(O)O. The summed E-state index contributed by atoms with van der Waals surface area (Å²) < 4.78 is 42.7. The molecule has 132 valence electrons. The molecule has 0 fully saturated rings. The van der Waals surface area contributed by atoms with Crippen molar-refractivity contribution >= 4 is 7.32 Å². The fraction of sp³-hybridized carbons (Fsp3) is 0.571. The summed E-state index contributed by atoms with van der Waals surface area (Å²) >= 11 is 0. The summed E-state index contributed by atoms with van der Waals surface area (Å²) in [4.78, 5) is 0. The first kappa shape index (κ1) is 21.9. The Bertz CT molecular complexity index is 464. The summed E-state index contributed by atoms with van der Waals surface area (Å²) in [6, 6.07) is 4.80. The molecular formula is C14H22BF3O5. The van der Waals surface area contributed by atoms with Gasteiger partial charge in [0.15, 0.2) is 0 Å². The normalized spacial score (nSPS) is 12.5. The number of benzene rings is 1. The van der Waals surface area contributed by atoms with E-state index in [2.05, 4.69) is 0 Å². The standard InChI is InChI=1S/C14H19F3O2.BH3O3/c1-12(2,18)13(3,4)19-9-10-5-7-11(8-6-10)14(15,16)17;2-1(3)4/h5-8,18H,9H2,1-4H3;2-4H. The van der Waals surface area contributed by atoms with Crippen molar-refractivity contribution < 1.29 is 38.1 Å². The third-order valence-corrected chi connectivity index (χ3v) is 3.35. The number of halogens is 3. The zero-order chi connectivity index (χ0) is 18.5. The molecule has 5 nitrogen and oxygen atoms in total. The van der Waals surface area contributed by atoms with Crippen LogP contribution < -0.4 is 0 Å². The van der Waals surface area contributed by atoms with E-state index in [1.54, 1.807) is 27.7 Å². The maximum Gasteiger partial charge on any atom is 0.631 e. The Morgan fingerprint density at radius 2 is 1.35 bits per heavy atom. The highest BCUT2D eigenvalue weighted by Gasteiger charge is 2.36. The molecule has 0 saturated heterocycles. The predicted octanol–water partition coefficient (Wildman–Crippen LogP) is 1.72. The van der Waals surface area contributed by atoms with Crippen LogP contribution in [0.25, 0.3) is 0 Å². The van der Waals surface area contributed by atoms with Crippen molar-refractivity contribution in [2.75, 3.05) is 0 Å². The summed E-state index contributed by atoms with van der Waals surface area (Å²) in [7, 11) is -2.17. The van der Waals surface area contributed by atoms with Crippen molar-refractivity contribution in [1.29, 1.82) is 0 Å². The van der Waals surface area contributed by atoms with E-state index in [1.807, 2.05) is 0 Å². The fourth-order valence-corrected chi connectivity index (χ4v) is 1.23. The monoisotopic (exact) mass is 338 g/mol. The first-order valence-corrected chi connectivity index (χ1v) is 6.73. The van der Waals surface area contributed by atoms with Crippen molar-refractivity contribution in [2.45, 2.75) is 51.7 Å². The van der Waals surface area contributed by atoms with Crippen LogP contribution in [0.4, 0.5) is 13.2 Å². The largest absolute Gasteiger partial charge is 0.631 e. The molecule has 0 aliphatic carbocycles. The third-order valence-electron chi connectivity index (χ3n) is 3.35. The van der Waals surface area contributed by atoms with Crippen LogP contribution in [0.2, 0.25) is 0 Å². The second kappa shape index (κ2) is 8.12. The van der Waals surface area contributed by atoms with E-state index in [-0.39, 0.29) is 6.61 Å². The maximum absolute atomic E-state index is 12.4. The van der Waals surface area contributed by atoms with E-state index >= 15 is 0 Å². The van der Waals surface area contributed by atoms with Crippen LogP contribution in [0.15, 0.2) is 24.3 Å². The number of aliphatic hydroxyl groups is 1. The summed E-state index contributed by atoms with van der Waals surface area (Å²) in [6.07, 6.45) is -4.33. The molecular weight excluding hydrogens is 316 g/mol. The zero-order valence-corrected chi connectivity index (χ0v) is 13.4. The first-order chi connectivity index (χ1) is 10.2. The van der Waals surface area contributed by atoms with Gasteiger partial charge in [-0.1, -0.05) is 12.1 Å². The molecule has 0 spiro atoms. The minimum absolute atomic E-state index is 0.148. The number of hydrogen-bond donors (Lipinski definition) is 4. The van der Waals surface area contributed by atoms with E-state index in [1.165, 1.54) is 12.1 Å². The lowest BCUT2D eigenvalue weighted by Gasteiger charge is -2.37. The van der Waals surface area contributed by atoms with Crippen molar-refractivity contribution in [3.63, 3.8) is 0 Å². The minimum atomic E-state index is -4.33. The Morgan fingerprint density at radius 3 is 1.65 bits per heavy atom. The highest BCUT2D eigenvalue weighted by atomic mass is 19.4. The smallest absolute Gasteiger partial charge is 0.402 e. The van der Waals surface area contributed by atoms with E-state index in [9.17, 15) is 18.3 Å². The molecule has 0 heterocycles. The lowest BCUT2D eigenvalue weighted by Crippen LogP contribution is -2.47. The minimum Gasteiger partial charge on any atom is -0.402 e. The molecule has 23 heavy (non-hydrogen) atoms. The molecule has 0 aliphatic heterocycles. The molecule has 4 N–H and O–H groups in total. The quantitative estimate of drug-likeness (QED) is 0.628. The fourth-order valence-electron chi connectivity index (χ4n) is 1.23. The molecule has 0 atom stereocenters. The summed E-state index contributed by atoms with van der Waals surface area (Å²) in [6.45, 7) is 6.86. The van der Waals surface area contributed by atoms with Crippen molar-refractivity contribution in [3.05, 3.63) is 35.4 Å². The molecule has 0 amide bonds. The van der Waals surface area contributed by atoms with Crippen molar-refractivity contribution in [3.8, 4) is 0 Å². The molecule has 0 unspecified atom stereocenters. The zero-order valence-electron chi connectivity index (χ0n) is 13.4. The first-order valence-electron chi connectivity index (χ1n) is 6.73. The molecule has 1 aromatic rings. The molecule has 0 aliphatic rings. The maximum atomic E-state index is 12.4. The van der Waals surface area contributed by atoms with Gasteiger partial charge in [-0.3, -0.25) is 0 Å². The summed E-state index contributed by atoms with van der Waals surface area (Å²) in [5.41, 5.74) is -1.89. The van der Waals surface area contributed by atoms with Gasteiger partial charge >= 0.3 is 13.5 Å². The van der Waals surface area contributed by atoms with Gasteiger partial charge in [0.2, 0.25) is 0 Å². The highest BCUT2D eigenvalue weighted by Crippen LogP contribution is 2.30. The second-order valence-electron chi connectivity index (χ2n) is 5.90. The predicted molar refractivity (Wildman–Crippen MR) is 79.0 cm³/mol. The topological polar surface area (TPSA) is 90.2 Å². The van der Waals surface area contributed by atoms with Gasteiger partial charge in [0.25, 0.3) is 0 Å². The van der Waals surface area contributed by atoms with Crippen LogP contribution in [0.3, 0.4) is 0 Å². The van der Waals surface area contributed by atoms with Gasteiger partial charge < -0.3 is 24.9 Å². The van der Waals surface area contributed by atoms with E-state index in [0.29, 0.717) is 5.56 Å². The van der Waals surface area contributed by atoms with E-state index < -0.39 is 30.3 Å². The number of alkyl halides is 3. The molecule has 1 aromatic carbocycles. The second-order valence-corrected chi connectivity index (χ2v) is 5.90. The number of rotatable bonds is 4. The molecule has 0 radical (unpaired) electrons. The molecule has 1 rings (SSSR count). The Morgan fingerprint density at radius 1 is 0.957 bits per heavy atom. The van der Waals surface area contributed by atoms with Gasteiger partial charge in [-0.2, -0.15) is 13.2 Å². The Labute approximate surface area is 133 Å². The lowest BCUT2D eigenvalue weighted by atomic mass is 9.89. The van der Waals surface area contributed by atoms with Gasteiger partial charge in [-0.05, 0) is 45.4 Å². The lowest BCUT2D eigenvalue weighted by molar-refractivity contribution is -0.154. The van der Waals surface area contributed by atoms with Crippen molar-refractivity contribution in [1.82, 2.24) is 0 Å². The van der Waals surface area contributed by atoms with Gasteiger partial charge in [-0.15, -0.1) is 0 Å². The Kier molecular flexibility index (Phi) is 7.72. The van der Waals surface area contributed by atoms with Gasteiger partial charge in [0, 0.05) is 0 Å². The summed E-state index contributed by atoms with van der Waals surface area (Å²) in [5.74, 6) is 0. The summed E-state index contributed by atoms with van der Waals surface area (Å²) in [5, 5.41) is 31.4. The average Bonchev–Trinajstić information content (AvgIpc) is 2.34. The van der Waals surface area contributed by atoms with E-state index in [4.69, 9.17) is 19.8 Å². The Hall–Kier alpha value is -1.13. The van der Waals surface area contributed by atoms with Crippen LogP contribution in [0, 0.1) is 0 Å². The van der Waals surface area contributed by atoms with Crippen molar-refractivity contribution in [2.24, 2.45) is 0 Å². The average molecular weight is 338 g/mol. The highest BCUT2D eigenvalue weighted by molar-refractivity contribution is 6.30. The van der Waals surface area contributed by atoms with Gasteiger partial charge in [-0.25, -0.2) is 0 Å². The van der Waals surface area contributed by atoms with Crippen LogP contribution >= 0.6 is 0 Å². The molecule has 9 heteroatoms. The van der Waals surface area contributed by atoms with Crippen LogP contribution in [0.1, 0.15) is 38.8 Å². The molecule has 0 bridgehead atoms. The van der Waals surface area contributed by atoms with E-state index in [0.717, 1.165) is 12.1 Å². The Balaban J connectivity index is 0.00000108. The van der Waals surface area contributed by atoms with Gasteiger partial charge in [0.05, 0.1) is 23.4 Å². The van der Waals surface area contributed by atoms with Crippen LogP contribution in [-0.2, 0) is 17.5 Å².